The second-order valence-electron chi connectivity index (χ2n) is 5.03. The molecule has 2 radical (unpaired) electrons. The van der Waals surface area contributed by atoms with Crippen molar-refractivity contribution in [1.29, 1.82) is 0 Å². The van der Waals surface area contributed by atoms with Gasteiger partial charge in [0.15, 0.2) is 0 Å². The zero-order valence-electron chi connectivity index (χ0n) is 18.4. The molecule has 0 N–H and O–H groups in total. The van der Waals surface area contributed by atoms with Crippen molar-refractivity contribution in [3.05, 3.63) is 46.3 Å². The van der Waals surface area contributed by atoms with Gasteiger partial charge in [-0.2, -0.15) is 57.5 Å². The Hall–Kier alpha value is 0.0313. The second kappa shape index (κ2) is 43.9. The van der Waals surface area contributed by atoms with E-state index in [0.717, 1.165) is 39.3 Å². The molecule has 0 fully saturated rings. The van der Waals surface area contributed by atoms with Gasteiger partial charge in [-0.3, -0.25) is 0 Å². The molecule has 0 unspecified atom stereocenters. The Morgan fingerprint density at radius 1 is 0.600 bits per heavy atom. The van der Waals surface area contributed by atoms with Crippen LogP contribution < -0.4 is 0 Å². The third-order valence-corrected chi connectivity index (χ3v) is 1.90. The maximum absolute atomic E-state index is 3.97. The molecule has 0 aliphatic carbocycles. The molecular weight excluding hydrogens is 361 g/mol. The van der Waals surface area contributed by atoms with Gasteiger partial charge in [0.25, 0.3) is 0 Å². The van der Waals surface area contributed by atoms with Crippen LogP contribution in [0, 0.1) is 0 Å². The van der Waals surface area contributed by atoms with Crippen molar-refractivity contribution in [3.8, 4) is 0 Å². The topological polar surface area (TPSA) is 42.3 Å². The summed E-state index contributed by atoms with van der Waals surface area (Å²) < 4.78 is 0. The molecule has 0 bridgehead atoms. The van der Waals surface area contributed by atoms with Gasteiger partial charge < -0.3 is 16.0 Å². The summed E-state index contributed by atoms with van der Waals surface area (Å²) in [5.74, 6) is 0. The molecule has 0 amide bonds. The predicted octanol–water partition coefficient (Wildman–Crippen LogP) is 6.97. The normalized spacial score (nSPS) is 8.08. The van der Waals surface area contributed by atoms with Gasteiger partial charge in [0.1, 0.15) is 0 Å². The Morgan fingerprint density at radius 2 is 0.800 bits per heavy atom. The molecule has 0 saturated heterocycles. The largest absolute Gasteiger partial charge is 4.00 e. The van der Waals surface area contributed by atoms with E-state index in [2.05, 4.69) is 35.6 Å². The summed E-state index contributed by atoms with van der Waals surface area (Å²) in [6.45, 7) is 24.9. The van der Waals surface area contributed by atoms with Gasteiger partial charge >= 0.3 is 18.6 Å². The van der Waals surface area contributed by atoms with E-state index < -0.39 is 0 Å². The number of rotatable bonds is 6. The molecule has 3 nitrogen and oxygen atoms in total. The summed E-state index contributed by atoms with van der Waals surface area (Å²) >= 11 is 0. The summed E-state index contributed by atoms with van der Waals surface area (Å²) in [5, 5.41) is 11.9. The van der Waals surface area contributed by atoms with Gasteiger partial charge in [0.05, 0.1) is 0 Å². The van der Waals surface area contributed by atoms with Crippen LogP contribution >= 0.6 is 0 Å². The van der Waals surface area contributed by atoms with Crippen LogP contribution in [0.4, 0.5) is 0 Å². The van der Waals surface area contributed by atoms with Crippen LogP contribution in [0.1, 0.15) is 41.5 Å². The van der Waals surface area contributed by atoms with Crippen LogP contribution in [0.2, 0.25) is 19.6 Å². The van der Waals surface area contributed by atoms with E-state index in [9.17, 15) is 0 Å². The quantitative estimate of drug-likeness (QED) is 0.362. The van der Waals surface area contributed by atoms with Crippen molar-refractivity contribution in [2.24, 2.45) is 0 Å². The average molecular weight is 406 g/mol. The molecule has 0 saturated carbocycles. The fraction of sp³-hybridized carbons (Fsp3) is 0.750. The Bertz CT molecular complexity index is 193. The van der Waals surface area contributed by atoms with Crippen LogP contribution in [-0.2, 0) is 18.6 Å². The van der Waals surface area contributed by atoms with Gasteiger partial charge in [-0.1, -0.05) is 61.2 Å². The minimum absolute atomic E-state index is 0. The number of nitrogens with zero attached hydrogens (tertiary/aromatic N) is 3. The first-order valence-corrected chi connectivity index (χ1v) is 12.3. The molecule has 1 rings (SSSR count). The third kappa shape index (κ3) is 95.9. The Kier molecular flexibility index (Phi) is 63.3. The Morgan fingerprint density at radius 3 is 0.840 bits per heavy atom. The summed E-state index contributed by atoms with van der Waals surface area (Å²) in [4.78, 5) is 0. The first-order valence-electron chi connectivity index (χ1n) is 9.31. The van der Waals surface area contributed by atoms with Crippen molar-refractivity contribution in [3.63, 3.8) is 0 Å². The Labute approximate surface area is 174 Å². The molecule has 1 aromatic carbocycles. The first kappa shape index (κ1) is 36.0. The van der Waals surface area contributed by atoms with E-state index in [1.165, 1.54) is 0 Å². The van der Waals surface area contributed by atoms with Crippen LogP contribution in [0.5, 0.6) is 0 Å². The number of hydrogen-bond donors (Lipinski definition) is 0. The van der Waals surface area contributed by atoms with E-state index in [-0.39, 0.29) is 27.4 Å². The molecule has 0 aliphatic heterocycles. The molecule has 5 heteroatoms. The van der Waals surface area contributed by atoms with Crippen LogP contribution in [0.15, 0.2) is 30.3 Å². The third-order valence-electron chi connectivity index (χ3n) is 1.90. The fourth-order valence-corrected chi connectivity index (χ4v) is 0.992. The van der Waals surface area contributed by atoms with E-state index in [0.29, 0.717) is 0 Å². The van der Waals surface area contributed by atoms with Crippen LogP contribution in [0.25, 0.3) is 16.0 Å². The van der Waals surface area contributed by atoms with Crippen molar-refractivity contribution < 1.29 is 18.6 Å². The van der Waals surface area contributed by atoms with Gasteiger partial charge in [-0.25, -0.2) is 12.1 Å². The van der Waals surface area contributed by atoms with Crippen molar-refractivity contribution in [1.82, 2.24) is 0 Å². The maximum Gasteiger partial charge on any atom is 4.00 e. The SMILES string of the molecule is CC[N-]CC.CC[N-]CC.CC[N-]CC.C[Si](C)C.[V+4].c1cc[cH-]c1. The molecule has 0 spiro atoms. The first-order chi connectivity index (χ1) is 11.5. The van der Waals surface area contributed by atoms with Crippen molar-refractivity contribution >= 4 is 8.80 Å². The predicted molar refractivity (Wildman–Crippen MR) is 119 cm³/mol. The molecule has 1 aromatic rings. The molecule has 0 heterocycles. The molecule has 0 aliphatic rings. The molecule has 148 valence electrons. The van der Waals surface area contributed by atoms with E-state index in [1.54, 1.807) is 0 Å². The van der Waals surface area contributed by atoms with Gasteiger partial charge in [0.2, 0.25) is 0 Å². The standard InChI is InChI=1S/C5H5.3C4H10N.C3H9Si.V/c1-2-4-5-3-1;3*1-3-5-4-2;1-4(2)3;/h1-5H;3*3-4H2,1-2H3;1-3H3;/q4*-1;;+4. The average Bonchev–Trinajstić information content (AvgIpc) is 3.10. The number of hydrogen-bond acceptors (Lipinski definition) is 0. The fourth-order valence-electron chi connectivity index (χ4n) is 0.992. The molecule has 0 aromatic heterocycles. The summed E-state index contributed by atoms with van der Waals surface area (Å²) in [5.41, 5.74) is 0. The van der Waals surface area contributed by atoms with Crippen LogP contribution in [-0.4, -0.2) is 48.1 Å². The van der Waals surface area contributed by atoms with E-state index in [4.69, 9.17) is 0 Å². The maximum atomic E-state index is 3.97. The summed E-state index contributed by atoms with van der Waals surface area (Å²) in [6.07, 6.45) is 0. The van der Waals surface area contributed by atoms with E-state index in [1.807, 2.05) is 71.9 Å². The smallest absolute Gasteiger partial charge is 0.663 e. The van der Waals surface area contributed by atoms with Gasteiger partial charge in [-0.15, -0.1) is 0 Å². The Balaban J connectivity index is -0.0000000662. The molecule has 0 atom stereocenters. The van der Waals surface area contributed by atoms with Crippen molar-refractivity contribution in [2.75, 3.05) is 39.3 Å². The molecular formula is C20H44N3SiV. The molecule has 25 heavy (non-hydrogen) atoms. The minimum Gasteiger partial charge on any atom is -0.663 e. The zero-order chi connectivity index (χ0) is 19.5. The van der Waals surface area contributed by atoms with Gasteiger partial charge in [0, 0.05) is 8.80 Å². The monoisotopic (exact) mass is 405 g/mol. The second-order valence-corrected chi connectivity index (χ2v) is 8.03. The van der Waals surface area contributed by atoms with Crippen molar-refractivity contribution in [2.45, 2.75) is 61.2 Å². The zero-order valence-corrected chi connectivity index (χ0v) is 20.8. The van der Waals surface area contributed by atoms with E-state index >= 15 is 0 Å². The van der Waals surface area contributed by atoms with Gasteiger partial charge in [-0.05, 0) is 0 Å². The summed E-state index contributed by atoms with van der Waals surface area (Å²) in [6, 6.07) is 10.0. The van der Waals surface area contributed by atoms with Crippen LogP contribution in [0.3, 0.4) is 0 Å². The summed E-state index contributed by atoms with van der Waals surface area (Å²) in [7, 11) is 0.120. The minimum atomic E-state index is 0.